The maximum Gasteiger partial charge on any atom is 0.235 e. The van der Waals surface area contributed by atoms with Gasteiger partial charge >= 0.3 is 0 Å². The molecule has 30 heavy (non-hydrogen) atoms. The first-order valence-corrected chi connectivity index (χ1v) is 10.4. The number of likely N-dealkylation sites (tertiary alicyclic amines) is 1. The van der Waals surface area contributed by atoms with Gasteiger partial charge in [-0.1, -0.05) is 37.2 Å². The maximum absolute atomic E-state index is 13.9. The van der Waals surface area contributed by atoms with E-state index in [1.165, 1.54) is 6.07 Å². The molecule has 1 aliphatic carbocycles. The first kappa shape index (κ1) is 20.5. The highest BCUT2D eigenvalue weighted by Gasteiger charge is 2.58. The minimum atomic E-state index is -0.457. The van der Waals surface area contributed by atoms with E-state index in [1.54, 1.807) is 25.1 Å². The van der Waals surface area contributed by atoms with Gasteiger partial charge in [-0.25, -0.2) is 4.39 Å². The number of fused-ring (bicyclic) bond motifs is 1. The number of carbonyl (C=O) groups excluding carboxylic acids is 2. The number of carbonyl (C=O) groups is 2. The molecule has 0 unspecified atom stereocenters. The third-order valence-corrected chi connectivity index (χ3v) is 6.31. The average Bonchev–Trinajstić information content (AvgIpc) is 3.35. The van der Waals surface area contributed by atoms with E-state index >= 15 is 0 Å². The molecule has 2 aliphatic rings. The second-order valence-electron chi connectivity index (χ2n) is 8.85. The molecule has 2 amide bonds. The number of halogens is 1. The Labute approximate surface area is 175 Å². The van der Waals surface area contributed by atoms with Crippen molar-refractivity contribution in [3.8, 4) is 0 Å². The molecule has 1 saturated carbocycles. The molecular formula is C22H27FN4O3. The van der Waals surface area contributed by atoms with Crippen molar-refractivity contribution in [1.29, 1.82) is 0 Å². The van der Waals surface area contributed by atoms with Crippen molar-refractivity contribution in [2.45, 2.75) is 51.5 Å². The second kappa shape index (κ2) is 7.81. The topological polar surface area (TPSA) is 88.3 Å². The number of hydrogen-bond donors (Lipinski definition) is 1. The van der Waals surface area contributed by atoms with Gasteiger partial charge in [-0.15, -0.1) is 0 Å². The Kier molecular flexibility index (Phi) is 5.34. The average molecular weight is 414 g/mol. The Morgan fingerprint density at radius 2 is 2.13 bits per heavy atom. The minimum absolute atomic E-state index is 0.00152. The number of nitrogens with one attached hydrogen (secondary N) is 1. The summed E-state index contributed by atoms with van der Waals surface area (Å²) in [6.45, 7) is 6.68. The predicted octanol–water partition coefficient (Wildman–Crippen LogP) is 2.39. The lowest BCUT2D eigenvalue weighted by Crippen LogP contribution is -2.40. The van der Waals surface area contributed by atoms with Crippen molar-refractivity contribution < 1.29 is 18.5 Å². The molecule has 1 aromatic heterocycles. The lowest BCUT2D eigenvalue weighted by molar-refractivity contribution is -0.134. The number of hydrogen-bond acceptors (Lipinski definition) is 5. The molecular weight excluding hydrogens is 387 g/mol. The van der Waals surface area contributed by atoms with Gasteiger partial charge in [-0.2, -0.15) is 4.98 Å². The molecule has 7 nitrogen and oxygen atoms in total. The molecule has 1 saturated heterocycles. The zero-order chi connectivity index (χ0) is 21.5. The summed E-state index contributed by atoms with van der Waals surface area (Å²) in [5.74, 6) is 0.655. The molecule has 1 aliphatic heterocycles. The summed E-state index contributed by atoms with van der Waals surface area (Å²) in [5, 5.41) is 7.01. The summed E-state index contributed by atoms with van der Waals surface area (Å²) < 4.78 is 19.4. The van der Waals surface area contributed by atoms with E-state index in [0.29, 0.717) is 43.2 Å². The molecule has 1 N–H and O–H groups in total. The highest BCUT2D eigenvalue weighted by atomic mass is 19.1. The third-order valence-electron chi connectivity index (χ3n) is 6.31. The SMILES string of the molecule is Cc1noc([C@]23C[C@H](NC(=O)Cc4ccccc4F)C[C@H]2CN(C(=O)C(C)C)C3)n1. The quantitative estimate of drug-likeness (QED) is 0.812. The summed E-state index contributed by atoms with van der Waals surface area (Å²) >= 11 is 0. The second-order valence-corrected chi connectivity index (χ2v) is 8.85. The van der Waals surface area contributed by atoms with Gasteiger partial charge in [0.15, 0.2) is 5.82 Å². The van der Waals surface area contributed by atoms with Crippen molar-refractivity contribution in [2.24, 2.45) is 11.8 Å². The van der Waals surface area contributed by atoms with E-state index in [4.69, 9.17) is 4.52 Å². The molecule has 1 aromatic carbocycles. The van der Waals surface area contributed by atoms with Crippen LogP contribution in [-0.4, -0.2) is 46.0 Å². The van der Waals surface area contributed by atoms with Gasteiger partial charge in [0.2, 0.25) is 17.7 Å². The smallest absolute Gasteiger partial charge is 0.235 e. The van der Waals surface area contributed by atoms with E-state index < -0.39 is 5.41 Å². The lowest BCUT2D eigenvalue weighted by atomic mass is 9.80. The van der Waals surface area contributed by atoms with Crippen molar-refractivity contribution in [3.63, 3.8) is 0 Å². The predicted molar refractivity (Wildman–Crippen MR) is 107 cm³/mol. The molecule has 8 heteroatoms. The van der Waals surface area contributed by atoms with Gasteiger partial charge < -0.3 is 14.7 Å². The molecule has 0 spiro atoms. The first-order valence-electron chi connectivity index (χ1n) is 10.4. The third kappa shape index (κ3) is 3.70. The highest BCUT2D eigenvalue weighted by molar-refractivity contribution is 5.79. The Hall–Kier alpha value is -2.77. The number of rotatable bonds is 5. The van der Waals surface area contributed by atoms with Gasteiger partial charge in [-0.05, 0) is 37.3 Å². The van der Waals surface area contributed by atoms with Gasteiger partial charge in [0.1, 0.15) is 5.82 Å². The van der Waals surface area contributed by atoms with Gasteiger partial charge in [0, 0.05) is 25.0 Å². The molecule has 160 valence electrons. The molecule has 0 radical (unpaired) electrons. The molecule has 2 heterocycles. The van der Waals surface area contributed by atoms with Crippen molar-refractivity contribution in [1.82, 2.24) is 20.4 Å². The summed E-state index contributed by atoms with van der Waals surface area (Å²) in [6, 6.07) is 6.22. The number of benzene rings is 1. The molecule has 4 rings (SSSR count). The Balaban J connectivity index is 1.50. The van der Waals surface area contributed by atoms with Crippen molar-refractivity contribution in [2.75, 3.05) is 13.1 Å². The summed E-state index contributed by atoms with van der Waals surface area (Å²) in [5.41, 5.74) is -0.0778. The lowest BCUT2D eigenvalue weighted by Gasteiger charge is -2.26. The fraction of sp³-hybridized carbons (Fsp3) is 0.545. The largest absolute Gasteiger partial charge is 0.353 e. The van der Waals surface area contributed by atoms with Crippen LogP contribution in [0.1, 0.15) is 44.0 Å². The Morgan fingerprint density at radius 3 is 2.80 bits per heavy atom. The number of nitrogens with zero attached hydrogens (tertiary/aromatic N) is 3. The number of aryl methyl sites for hydroxylation is 1. The van der Waals surface area contributed by atoms with Crippen LogP contribution in [0.5, 0.6) is 0 Å². The zero-order valence-corrected chi connectivity index (χ0v) is 17.5. The van der Waals surface area contributed by atoms with Crippen LogP contribution in [-0.2, 0) is 21.4 Å². The van der Waals surface area contributed by atoms with E-state index in [9.17, 15) is 14.0 Å². The summed E-state index contributed by atoms with van der Waals surface area (Å²) in [7, 11) is 0. The van der Waals surface area contributed by atoms with E-state index in [2.05, 4.69) is 15.5 Å². The molecule has 2 fully saturated rings. The van der Waals surface area contributed by atoms with Crippen molar-refractivity contribution >= 4 is 11.8 Å². The van der Waals surface area contributed by atoms with E-state index in [-0.39, 0.29) is 41.9 Å². The Morgan fingerprint density at radius 1 is 1.37 bits per heavy atom. The normalized spacial score (nSPS) is 25.6. The minimum Gasteiger partial charge on any atom is -0.353 e. The number of aromatic nitrogens is 2. The van der Waals surface area contributed by atoms with Gasteiger partial charge in [0.05, 0.1) is 11.8 Å². The summed E-state index contributed by atoms with van der Waals surface area (Å²) in [6.07, 6.45) is 1.33. The van der Waals surface area contributed by atoms with Gasteiger partial charge in [-0.3, -0.25) is 9.59 Å². The number of amides is 2. The van der Waals surface area contributed by atoms with Crippen LogP contribution >= 0.6 is 0 Å². The summed E-state index contributed by atoms with van der Waals surface area (Å²) in [4.78, 5) is 31.5. The monoisotopic (exact) mass is 414 g/mol. The zero-order valence-electron chi connectivity index (χ0n) is 17.5. The Bertz CT molecular complexity index is 959. The van der Waals surface area contributed by atoms with E-state index in [1.807, 2.05) is 18.7 Å². The van der Waals surface area contributed by atoms with Crippen LogP contribution in [0, 0.1) is 24.6 Å². The van der Waals surface area contributed by atoms with Crippen LogP contribution in [0.25, 0.3) is 0 Å². The maximum atomic E-state index is 13.9. The standard InChI is InChI=1S/C22H27FN4O3/c1-13(2)20(29)27-11-16-9-17(10-22(16,12-27)21-24-14(3)26-30-21)25-19(28)8-15-6-4-5-7-18(15)23/h4-7,13,16-17H,8-12H2,1-3H3,(H,25,28)/t16-,17+,22-/m0/s1. The first-order chi connectivity index (χ1) is 14.3. The fourth-order valence-corrected chi connectivity index (χ4v) is 4.94. The van der Waals surface area contributed by atoms with Crippen LogP contribution in [0.3, 0.4) is 0 Å². The highest BCUT2D eigenvalue weighted by Crippen LogP contribution is 2.50. The molecule has 3 atom stereocenters. The van der Waals surface area contributed by atoms with Crippen LogP contribution in [0.15, 0.2) is 28.8 Å². The van der Waals surface area contributed by atoms with Crippen LogP contribution < -0.4 is 5.32 Å². The van der Waals surface area contributed by atoms with Crippen molar-refractivity contribution in [3.05, 3.63) is 47.4 Å². The van der Waals surface area contributed by atoms with Crippen LogP contribution in [0.4, 0.5) is 4.39 Å². The molecule has 2 aromatic rings. The molecule has 0 bridgehead atoms. The van der Waals surface area contributed by atoms with Gasteiger partial charge in [0.25, 0.3) is 0 Å². The van der Waals surface area contributed by atoms with E-state index in [0.717, 1.165) is 0 Å². The fourth-order valence-electron chi connectivity index (χ4n) is 4.94. The van der Waals surface area contributed by atoms with Crippen LogP contribution in [0.2, 0.25) is 0 Å².